The van der Waals surface area contributed by atoms with Crippen LogP contribution in [0.1, 0.15) is 11.3 Å². The van der Waals surface area contributed by atoms with Gasteiger partial charge >= 0.3 is 0 Å². The molecule has 19 heavy (non-hydrogen) atoms. The number of halogens is 1. The van der Waals surface area contributed by atoms with Gasteiger partial charge in [0.15, 0.2) is 0 Å². The number of rotatable bonds is 3. The number of aromatic nitrogens is 2. The van der Waals surface area contributed by atoms with Crippen molar-refractivity contribution in [2.75, 3.05) is 5.32 Å². The van der Waals surface area contributed by atoms with Gasteiger partial charge in [-0.3, -0.25) is 0 Å². The number of benzene rings is 1. The average molecular weight is 272 g/mol. The van der Waals surface area contributed by atoms with Crippen LogP contribution in [-0.4, -0.2) is 9.38 Å². The van der Waals surface area contributed by atoms with E-state index in [0.717, 1.165) is 22.1 Å². The van der Waals surface area contributed by atoms with E-state index in [-0.39, 0.29) is 0 Å². The third-order valence-corrected chi connectivity index (χ3v) is 3.18. The van der Waals surface area contributed by atoms with Gasteiger partial charge in [0.05, 0.1) is 12.2 Å². The Balaban J connectivity index is 1.78. The molecule has 96 valence electrons. The van der Waals surface area contributed by atoms with Gasteiger partial charge in [0.2, 0.25) is 0 Å². The number of hydrogen-bond acceptors (Lipinski definition) is 2. The Morgan fingerprint density at radius 2 is 2.11 bits per heavy atom. The van der Waals surface area contributed by atoms with Crippen LogP contribution in [0.15, 0.2) is 48.8 Å². The lowest BCUT2D eigenvalue weighted by Crippen LogP contribution is -1.99. The van der Waals surface area contributed by atoms with Gasteiger partial charge in [-0.15, -0.1) is 0 Å². The molecule has 3 rings (SSSR count). The summed E-state index contributed by atoms with van der Waals surface area (Å²) in [7, 11) is 0. The molecule has 0 aliphatic rings. The summed E-state index contributed by atoms with van der Waals surface area (Å²) in [4.78, 5) is 4.56. The largest absolute Gasteiger partial charge is 0.379 e. The third kappa shape index (κ3) is 2.71. The molecule has 0 fully saturated rings. The molecule has 0 spiro atoms. The molecule has 0 atom stereocenters. The second kappa shape index (κ2) is 4.94. The van der Waals surface area contributed by atoms with Crippen molar-refractivity contribution in [3.63, 3.8) is 0 Å². The molecule has 0 saturated carbocycles. The van der Waals surface area contributed by atoms with Gasteiger partial charge < -0.3 is 9.72 Å². The van der Waals surface area contributed by atoms with Gasteiger partial charge in [0, 0.05) is 23.1 Å². The first-order chi connectivity index (χ1) is 9.20. The van der Waals surface area contributed by atoms with Crippen LogP contribution in [0.2, 0.25) is 5.02 Å². The van der Waals surface area contributed by atoms with Crippen LogP contribution in [0.3, 0.4) is 0 Å². The van der Waals surface area contributed by atoms with Crippen molar-refractivity contribution in [2.45, 2.75) is 13.5 Å². The van der Waals surface area contributed by atoms with Crippen LogP contribution in [0.25, 0.3) is 5.65 Å². The van der Waals surface area contributed by atoms with E-state index >= 15 is 0 Å². The fourth-order valence-electron chi connectivity index (χ4n) is 2.03. The van der Waals surface area contributed by atoms with Crippen molar-refractivity contribution in [1.82, 2.24) is 9.38 Å². The number of aryl methyl sites for hydroxylation is 1. The first-order valence-electron chi connectivity index (χ1n) is 6.14. The topological polar surface area (TPSA) is 29.3 Å². The van der Waals surface area contributed by atoms with E-state index in [1.807, 2.05) is 40.9 Å². The maximum atomic E-state index is 5.95. The standard InChI is InChI=1S/C15H14ClN3/c1-11-5-6-15-18-14(10-19(15)9-11)8-17-13-4-2-3-12(16)7-13/h2-7,9-10,17H,8H2,1H3. The summed E-state index contributed by atoms with van der Waals surface area (Å²) in [6.07, 6.45) is 4.12. The molecular formula is C15H14ClN3. The summed E-state index contributed by atoms with van der Waals surface area (Å²) in [5, 5.41) is 4.05. The van der Waals surface area contributed by atoms with Gasteiger partial charge in [-0.2, -0.15) is 0 Å². The molecule has 0 bridgehead atoms. The van der Waals surface area contributed by atoms with Crippen molar-refractivity contribution in [3.8, 4) is 0 Å². The van der Waals surface area contributed by atoms with E-state index in [9.17, 15) is 0 Å². The van der Waals surface area contributed by atoms with Crippen LogP contribution in [-0.2, 0) is 6.54 Å². The van der Waals surface area contributed by atoms with Crippen molar-refractivity contribution in [1.29, 1.82) is 0 Å². The predicted molar refractivity (Wildman–Crippen MR) is 78.7 cm³/mol. The zero-order valence-electron chi connectivity index (χ0n) is 10.6. The number of imidazole rings is 1. The van der Waals surface area contributed by atoms with Gasteiger partial charge in [0.1, 0.15) is 5.65 Å². The number of nitrogens with zero attached hydrogens (tertiary/aromatic N) is 2. The SMILES string of the molecule is Cc1ccc2nc(CNc3cccc(Cl)c3)cn2c1. The molecule has 3 nitrogen and oxygen atoms in total. The average Bonchev–Trinajstić information content (AvgIpc) is 2.78. The van der Waals surface area contributed by atoms with Crippen LogP contribution in [0.4, 0.5) is 5.69 Å². The van der Waals surface area contributed by atoms with E-state index in [4.69, 9.17) is 11.6 Å². The summed E-state index contributed by atoms with van der Waals surface area (Å²) >= 11 is 5.95. The van der Waals surface area contributed by atoms with Crippen LogP contribution in [0, 0.1) is 6.92 Å². The summed E-state index contributed by atoms with van der Waals surface area (Å²) in [6, 6.07) is 11.8. The number of hydrogen-bond donors (Lipinski definition) is 1. The molecule has 0 aliphatic carbocycles. The van der Waals surface area contributed by atoms with E-state index in [1.54, 1.807) is 0 Å². The van der Waals surface area contributed by atoms with Crippen LogP contribution in [0.5, 0.6) is 0 Å². The minimum absolute atomic E-state index is 0.682. The highest BCUT2D eigenvalue weighted by atomic mass is 35.5. The van der Waals surface area contributed by atoms with E-state index in [0.29, 0.717) is 6.54 Å². The third-order valence-electron chi connectivity index (χ3n) is 2.95. The molecule has 2 heterocycles. The summed E-state index contributed by atoms with van der Waals surface area (Å²) in [5.41, 5.74) is 4.19. The fraction of sp³-hybridized carbons (Fsp3) is 0.133. The second-order valence-corrected chi connectivity index (χ2v) is 5.00. The molecule has 4 heteroatoms. The number of nitrogens with one attached hydrogen (secondary N) is 1. The predicted octanol–water partition coefficient (Wildman–Crippen LogP) is 3.91. The van der Waals surface area contributed by atoms with E-state index in [1.165, 1.54) is 5.56 Å². The number of anilines is 1. The Morgan fingerprint density at radius 1 is 1.21 bits per heavy atom. The molecule has 3 aromatic rings. The van der Waals surface area contributed by atoms with Crippen molar-refractivity contribution in [3.05, 3.63) is 65.1 Å². The molecule has 1 N–H and O–H groups in total. The monoisotopic (exact) mass is 271 g/mol. The number of fused-ring (bicyclic) bond motifs is 1. The normalized spacial score (nSPS) is 10.8. The molecule has 0 amide bonds. The second-order valence-electron chi connectivity index (χ2n) is 4.57. The Bertz CT molecular complexity index is 718. The zero-order valence-corrected chi connectivity index (χ0v) is 11.4. The van der Waals surface area contributed by atoms with E-state index in [2.05, 4.69) is 29.5 Å². The lowest BCUT2D eigenvalue weighted by Gasteiger charge is -2.03. The van der Waals surface area contributed by atoms with Crippen molar-refractivity contribution >= 4 is 22.9 Å². The maximum Gasteiger partial charge on any atom is 0.137 e. The van der Waals surface area contributed by atoms with Gasteiger partial charge in [-0.1, -0.05) is 23.7 Å². The van der Waals surface area contributed by atoms with Gasteiger partial charge in [-0.05, 0) is 36.8 Å². The molecule has 1 aromatic carbocycles. The molecule has 0 radical (unpaired) electrons. The molecule has 2 aromatic heterocycles. The van der Waals surface area contributed by atoms with Gasteiger partial charge in [0.25, 0.3) is 0 Å². The lowest BCUT2D eigenvalue weighted by molar-refractivity contribution is 1.08. The highest BCUT2D eigenvalue weighted by Gasteiger charge is 2.01. The van der Waals surface area contributed by atoms with Gasteiger partial charge in [-0.25, -0.2) is 4.98 Å². The molecular weight excluding hydrogens is 258 g/mol. The van der Waals surface area contributed by atoms with Crippen LogP contribution < -0.4 is 5.32 Å². The smallest absolute Gasteiger partial charge is 0.137 e. The fourth-order valence-corrected chi connectivity index (χ4v) is 2.22. The summed E-state index contributed by atoms with van der Waals surface area (Å²) < 4.78 is 2.05. The summed E-state index contributed by atoms with van der Waals surface area (Å²) in [5.74, 6) is 0. The molecule has 0 aliphatic heterocycles. The highest BCUT2D eigenvalue weighted by Crippen LogP contribution is 2.16. The van der Waals surface area contributed by atoms with Crippen LogP contribution >= 0.6 is 11.6 Å². The Hall–Kier alpha value is -2.00. The maximum absolute atomic E-state index is 5.95. The lowest BCUT2D eigenvalue weighted by atomic mass is 10.3. The van der Waals surface area contributed by atoms with Crippen molar-refractivity contribution in [2.24, 2.45) is 0 Å². The first kappa shape index (κ1) is 12.1. The summed E-state index contributed by atoms with van der Waals surface area (Å²) in [6.45, 7) is 2.75. The molecule has 0 saturated heterocycles. The molecule has 0 unspecified atom stereocenters. The minimum atomic E-state index is 0.682. The minimum Gasteiger partial charge on any atom is -0.379 e. The number of pyridine rings is 1. The Morgan fingerprint density at radius 3 is 2.95 bits per heavy atom. The van der Waals surface area contributed by atoms with E-state index < -0.39 is 0 Å². The quantitative estimate of drug-likeness (QED) is 0.783. The Kier molecular flexibility index (Phi) is 3.13. The first-order valence-corrected chi connectivity index (χ1v) is 6.52. The van der Waals surface area contributed by atoms with Crippen molar-refractivity contribution < 1.29 is 0 Å². The Labute approximate surface area is 116 Å². The zero-order chi connectivity index (χ0) is 13.2. The highest BCUT2D eigenvalue weighted by molar-refractivity contribution is 6.30.